The second-order valence-corrected chi connectivity index (χ2v) is 4.94. The minimum atomic E-state index is 0.0250. The van der Waals surface area contributed by atoms with Gasteiger partial charge in [0.05, 0.1) is 21.3 Å². The first kappa shape index (κ1) is 17.1. The van der Waals surface area contributed by atoms with Crippen LogP contribution in [0.1, 0.15) is 32.3 Å². The number of hydrogen-bond donors (Lipinski definition) is 1. The maximum absolute atomic E-state index is 11.9. The Morgan fingerprint density at radius 1 is 1.14 bits per heavy atom. The number of methoxy groups -OCH3 is 3. The van der Waals surface area contributed by atoms with Crippen molar-refractivity contribution in [1.82, 2.24) is 5.32 Å². The van der Waals surface area contributed by atoms with Crippen LogP contribution in [-0.2, 0) is 11.3 Å². The van der Waals surface area contributed by atoms with E-state index >= 15 is 0 Å². The van der Waals surface area contributed by atoms with Crippen molar-refractivity contribution >= 4 is 5.91 Å². The summed E-state index contributed by atoms with van der Waals surface area (Å²) in [4.78, 5) is 11.9. The second-order valence-electron chi connectivity index (χ2n) is 4.94. The minimum absolute atomic E-state index is 0.0250. The molecule has 1 aromatic carbocycles. The molecule has 0 aliphatic carbocycles. The zero-order chi connectivity index (χ0) is 15.8. The van der Waals surface area contributed by atoms with Crippen molar-refractivity contribution < 1.29 is 19.0 Å². The largest absolute Gasteiger partial charge is 0.493 e. The molecule has 1 N–H and O–H groups in total. The van der Waals surface area contributed by atoms with E-state index < -0.39 is 0 Å². The first-order valence-electron chi connectivity index (χ1n) is 7.13. The van der Waals surface area contributed by atoms with Crippen LogP contribution < -0.4 is 19.5 Å². The average Bonchev–Trinajstić information content (AvgIpc) is 2.51. The molecule has 0 radical (unpaired) electrons. The van der Waals surface area contributed by atoms with Crippen LogP contribution in [-0.4, -0.2) is 27.2 Å². The summed E-state index contributed by atoms with van der Waals surface area (Å²) < 4.78 is 15.9. The molecule has 0 saturated carbocycles. The van der Waals surface area contributed by atoms with Crippen LogP contribution in [0.2, 0.25) is 0 Å². The quantitative estimate of drug-likeness (QED) is 0.801. The lowest BCUT2D eigenvalue weighted by Crippen LogP contribution is -2.28. The number of amides is 1. The van der Waals surface area contributed by atoms with Crippen molar-refractivity contribution in [3.63, 3.8) is 0 Å². The SMILES string of the molecule is CCCC(C)C(=O)NCc1cc(OC)c(OC)c(OC)c1. The normalized spacial score (nSPS) is 11.7. The molecular weight excluding hydrogens is 270 g/mol. The standard InChI is InChI=1S/C16H25NO4/c1-6-7-11(2)16(18)17-10-12-8-13(19-3)15(21-5)14(9-12)20-4/h8-9,11H,6-7,10H2,1-5H3,(H,17,18). The molecule has 1 atom stereocenters. The van der Waals surface area contributed by atoms with E-state index in [0.717, 1.165) is 18.4 Å². The Balaban J connectivity index is 2.82. The Labute approximate surface area is 126 Å². The highest BCUT2D eigenvalue weighted by Crippen LogP contribution is 2.38. The molecular formula is C16H25NO4. The van der Waals surface area contributed by atoms with Gasteiger partial charge in [-0.3, -0.25) is 4.79 Å². The predicted octanol–water partition coefficient (Wildman–Crippen LogP) is 2.76. The third kappa shape index (κ3) is 4.55. The summed E-state index contributed by atoms with van der Waals surface area (Å²) in [6, 6.07) is 3.68. The first-order chi connectivity index (χ1) is 10.1. The maximum Gasteiger partial charge on any atom is 0.223 e. The van der Waals surface area contributed by atoms with Crippen LogP contribution in [0.4, 0.5) is 0 Å². The van der Waals surface area contributed by atoms with Gasteiger partial charge >= 0.3 is 0 Å². The van der Waals surface area contributed by atoms with Gasteiger partial charge in [0, 0.05) is 12.5 Å². The fourth-order valence-corrected chi connectivity index (χ4v) is 2.16. The monoisotopic (exact) mass is 295 g/mol. The van der Waals surface area contributed by atoms with E-state index in [0.29, 0.717) is 23.8 Å². The molecule has 0 aliphatic rings. The summed E-state index contributed by atoms with van der Waals surface area (Å²) >= 11 is 0. The van der Waals surface area contributed by atoms with Crippen molar-refractivity contribution in [1.29, 1.82) is 0 Å². The minimum Gasteiger partial charge on any atom is -0.493 e. The molecule has 0 heterocycles. The Morgan fingerprint density at radius 3 is 2.14 bits per heavy atom. The number of ether oxygens (including phenoxy) is 3. The van der Waals surface area contributed by atoms with Gasteiger partial charge in [-0.25, -0.2) is 0 Å². The molecule has 0 bridgehead atoms. The van der Waals surface area contributed by atoms with E-state index in [-0.39, 0.29) is 11.8 Å². The lowest BCUT2D eigenvalue weighted by Gasteiger charge is -2.15. The van der Waals surface area contributed by atoms with E-state index in [1.54, 1.807) is 21.3 Å². The first-order valence-corrected chi connectivity index (χ1v) is 7.13. The highest BCUT2D eigenvalue weighted by atomic mass is 16.5. The Bertz CT molecular complexity index is 448. The van der Waals surface area contributed by atoms with Gasteiger partial charge < -0.3 is 19.5 Å². The molecule has 5 heteroatoms. The lowest BCUT2D eigenvalue weighted by molar-refractivity contribution is -0.124. The van der Waals surface area contributed by atoms with Crippen molar-refractivity contribution in [2.75, 3.05) is 21.3 Å². The number of benzene rings is 1. The fraction of sp³-hybridized carbons (Fsp3) is 0.562. The highest BCUT2D eigenvalue weighted by molar-refractivity contribution is 5.78. The molecule has 21 heavy (non-hydrogen) atoms. The van der Waals surface area contributed by atoms with E-state index in [1.165, 1.54) is 0 Å². The molecule has 0 fully saturated rings. The van der Waals surface area contributed by atoms with Gasteiger partial charge in [0.1, 0.15) is 0 Å². The smallest absolute Gasteiger partial charge is 0.223 e. The van der Waals surface area contributed by atoms with E-state index in [4.69, 9.17) is 14.2 Å². The summed E-state index contributed by atoms with van der Waals surface area (Å²) in [5.74, 6) is 1.81. The molecule has 118 valence electrons. The van der Waals surface area contributed by atoms with Gasteiger partial charge in [-0.2, -0.15) is 0 Å². The van der Waals surface area contributed by atoms with Crippen LogP contribution in [0.3, 0.4) is 0 Å². The number of nitrogens with one attached hydrogen (secondary N) is 1. The molecule has 1 rings (SSSR count). The van der Waals surface area contributed by atoms with Crippen LogP contribution in [0, 0.1) is 5.92 Å². The number of carbonyl (C=O) groups excluding carboxylic acids is 1. The summed E-state index contributed by atoms with van der Waals surface area (Å²) in [7, 11) is 4.71. The second kappa shape index (κ2) is 8.39. The topological polar surface area (TPSA) is 56.8 Å². The van der Waals surface area contributed by atoms with E-state index in [1.807, 2.05) is 19.1 Å². The van der Waals surface area contributed by atoms with Crippen molar-refractivity contribution in [2.45, 2.75) is 33.2 Å². The molecule has 5 nitrogen and oxygen atoms in total. The zero-order valence-electron chi connectivity index (χ0n) is 13.5. The Morgan fingerprint density at radius 2 is 1.71 bits per heavy atom. The molecule has 1 aromatic rings. The molecule has 1 unspecified atom stereocenters. The number of hydrogen-bond acceptors (Lipinski definition) is 4. The Hall–Kier alpha value is -1.91. The van der Waals surface area contributed by atoms with Crippen molar-refractivity contribution in [3.05, 3.63) is 17.7 Å². The molecule has 1 amide bonds. The summed E-state index contributed by atoms with van der Waals surface area (Å²) in [5.41, 5.74) is 0.904. The zero-order valence-corrected chi connectivity index (χ0v) is 13.5. The Kier molecular flexibility index (Phi) is 6.85. The van der Waals surface area contributed by atoms with Crippen LogP contribution in [0.5, 0.6) is 17.2 Å². The van der Waals surface area contributed by atoms with Crippen molar-refractivity contribution in [2.24, 2.45) is 5.92 Å². The number of rotatable bonds is 8. The summed E-state index contributed by atoms with van der Waals surface area (Å²) in [6.07, 6.45) is 1.89. The molecule has 0 aromatic heterocycles. The lowest BCUT2D eigenvalue weighted by atomic mass is 10.1. The summed E-state index contributed by atoms with van der Waals surface area (Å²) in [6.45, 7) is 4.45. The van der Waals surface area contributed by atoms with Gasteiger partial charge in [-0.15, -0.1) is 0 Å². The van der Waals surface area contributed by atoms with Gasteiger partial charge in [0.15, 0.2) is 11.5 Å². The van der Waals surface area contributed by atoms with Gasteiger partial charge in [0.25, 0.3) is 0 Å². The van der Waals surface area contributed by atoms with Gasteiger partial charge in [-0.05, 0) is 24.1 Å². The van der Waals surface area contributed by atoms with E-state index in [9.17, 15) is 4.79 Å². The average molecular weight is 295 g/mol. The third-order valence-electron chi connectivity index (χ3n) is 3.36. The third-order valence-corrected chi connectivity index (χ3v) is 3.36. The van der Waals surface area contributed by atoms with Gasteiger partial charge in [0.2, 0.25) is 11.7 Å². The summed E-state index contributed by atoms with van der Waals surface area (Å²) in [5, 5.41) is 2.93. The molecule has 0 aliphatic heterocycles. The molecule has 0 saturated heterocycles. The van der Waals surface area contributed by atoms with Crippen LogP contribution in [0.25, 0.3) is 0 Å². The van der Waals surface area contributed by atoms with Gasteiger partial charge in [-0.1, -0.05) is 20.3 Å². The van der Waals surface area contributed by atoms with Crippen LogP contribution >= 0.6 is 0 Å². The highest BCUT2D eigenvalue weighted by Gasteiger charge is 2.15. The predicted molar refractivity (Wildman–Crippen MR) is 82.0 cm³/mol. The van der Waals surface area contributed by atoms with E-state index in [2.05, 4.69) is 12.2 Å². The maximum atomic E-state index is 11.9. The van der Waals surface area contributed by atoms with Crippen LogP contribution in [0.15, 0.2) is 12.1 Å². The fourth-order valence-electron chi connectivity index (χ4n) is 2.16. The van der Waals surface area contributed by atoms with Crippen molar-refractivity contribution in [3.8, 4) is 17.2 Å². The molecule has 0 spiro atoms. The number of carbonyl (C=O) groups is 1.